The minimum atomic E-state index is -0.912. The lowest BCUT2D eigenvalue weighted by Crippen LogP contribution is -2.36. The van der Waals surface area contributed by atoms with Gasteiger partial charge in [-0.25, -0.2) is 5.01 Å². The molecule has 2 aliphatic rings. The third-order valence-corrected chi connectivity index (χ3v) is 7.58. The number of hydrogen-bond donors (Lipinski definition) is 2. The Kier molecular flexibility index (Phi) is 8.24. The fourth-order valence-electron chi connectivity index (χ4n) is 5.34. The molecule has 1 saturated carbocycles. The Morgan fingerprint density at radius 1 is 1.05 bits per heavy atom. The van der Waals surface area contributed by atoms with E-state index in [-0.39, 0.29) is 24.8 Å². The normalized spacial score (nSPS) is 16.3. The molecule has 8 nitrogen and oxygen atoms in total. The molecular weight excluding hydrogens is 506 g/mol. The third kappa shape index (κ3) is 6.39. The Morgan fingerprint density at radius 3 is 2.58 bits per heavy atom. The van der Waals surface area contributed by atoms with Gasteiger partial charge in [0, 0.05) is 11.3 Å². The van der Waals surface area contributed by atoms with Gasteiger partial charge in [0.05, 0.1) is 18.9 Å². The molecule has 1 heterocycles. The molecule has 5 rings (SSSR count). The molecule has 1 aliphatic heterocycles. The Labute approximate surface area is 233 Å². The summed E-state index contributed by atoms with van der Waals surface area (Å²) >= 11 is 0. The predicted octanol–water partition coefficient (Wildman–Crippen LogP) is 5.43. The van der Waals surface area contributed by atoms with E-state index in [0.717, 1.165) is 47.9 Å². The summed E-state index contributed by atoms with van der Waals surface area (Å²) in [6.07, 6.45) is 4.65. The van der Waals surface area contributed by atoms with E-state index in [2.05, 4.69) is 16.5 Å². The van der Waals surface area contributed by atoms with Crippen molar-refractivity contribution in [3.63, 3.8) is 0 Å². The van der Waals surface area contributed by atoms with Crippen molar-refractivity contribution in [1.82, 2.24) is 5.01 Å². The first-order valence-corrected chi connectivity index (χ1v) is 13.7. The van der Waals surface area contributed by atoms with Gasteiger partial charge < -0.3 is 15.2 Å². The maximum Gasteiger partial charge on any atom is 0.310 e. The van der Waals surface area contributed by atoms with Crippen molar-refractivity contribution < 1.29 is 24.2 Å². The van der Waals surface area contributed by atoms with Crippen LogP contribution in [0, 0.1) is 0 Å². The van der Waals surface area contributed by atoms with Gasteiger partial charge in [0.15, 0.2) is 6.61 Å². The molecule has 0 bridgehead atoms. The maximum absolute atomic E-state index is 13.1. The van der Waals surface area contributed by atoms with Gasteiger partial charge in [-0.2, -0.15) is 0 Å². The van der Waals surface area contributed by atoms with Crippen LogP contribution < -0.4 is 5.32 Å². The number of carboxylic acids is 1. The van der Waals surface area contributed by atoms with E-state index in [9.17, 15) is 19.5 Å². The highest BCUT2D eigenvalue weighted by Crippen LogP contribution is 2.37. The molecule has 0 spiro atoms. The summed E-state index contributed by atoms with van der Waals surface area (Å²) in [5, 5.41) is 18.2. The molecule has 206 valence electrons. The number of nitrogens with zero attached hydrogens (tertiary/aromatic N) is 2. The number of benzene rings is 3. The van der Waals surface area contributed by atoms with Crippen LogP contribution in [0.2, 0.25) is 0 Å². The van der Waals surface area contributed by atoms with Crippen molar-refractivity contribution in [2.75, 3.05) is 11.9 Å². The van der Waals surface area contributed by atoms with Crippen LogP contribution in [0.1, 0.15) is 72.3 Å². The van der Waals surface area contributed by atoms with Gasteiger partial charge >= 0.3 is 5.97 Å². The lowest BCUT2D eigenvalue weighted by atomic mass is 9.89. The highest BCUT2D eigenvalue weighted by Gasteiger charge is 2.25. The Bertz CT molecular complexity index is 1430. The summed E-state index contributed by atoms with van der Waals surface area (Å²) in [5.74, 6) is -1.15. The number of hydrogen-bond acceptors (Lipinski definition) is 5. The van der Waals surface area contributed by atoms with Gasteiger partial charge in [-0.1, -0.05) is 61.4 Å². The van der Waals surface area contributed by atoms with E-state index < -0.39 is 11.9 Å². The zero-order valence-electron chi connectivity index (χ0n) is 22.5. The number of rotatable bonds is 9. The molecule has 1 fully saturated rings. The van der Waals surface area contributed by atoms with Gasteiger partial charge in [-0.3, -0.25) is 14.4 Å². The van der Waals surface area contributed by atoms with E-state index >= 15 is 0 Å². The smallest absolute Gasteiger partial charge is 0.310 e. The second-order valence-corrected chi connectivity index (χ2v) is 10.4. The highest BCUT2D eigenvalue weighted by atomic mass is 16.5. The number of carbonyl (C=O) groups excluding carboxylic acids is 2. The van der Waals surface area contributed by atoms with Gasteiger partial charge in [0.1, 0.15) is 0 Å². The number of aliphatic carboxylic acids is 1. The van der Waals surface area contributed by atoms with E-state index in [1.54, 1.807) is 31.2 Å². The summed E-state index contributed by atoms with van der Waals surface area (Å²) in [7, 11) is 0. The highest BCUT2D eigenvalue weighted by molar-refractivity contribution is 5.98. The molecule has 0 radical (unpaired) electrons. The standard InChI is InChI=1S/C32H33N3O5/c1-21(32(38)39)25-12-7-13-27(17-25)33-29(36)18-26-15-14-22(16-28(26)23-8-5-6-9-23)19-35-30(37)20-40-31(34-35)24-10-3-2-4-11-24/h2-4,7,10-17,21,23H,5-6,8-9,18-20H2,1H3,(H,33,36)(H,38,39). The van der Waals surface area contributed by atoms with Crippen LogP contribution in [0.3, 0.4) is 0 Å². The van der Waals surface area contributed by atoms with Crippen molar-refractivity contribution in [1.29, 1.82) is 0 Å². The van der Waals surface area contributed by atoms with Gasteiger partial charge in [-0.15, -0.1) is 5.10 Å². The zero-order valence-corrected chi connectivity index (χ0v) is 22.5. The van der Waals surface area contributed by atoms with E-state index in [1.165, 1.54) is 5.01 Å². The lowest BCUT2D eigenvalue weighted by molar-refractivity contribution is -0.138. The van der Waals surface area contributed by atoms with E-state index in [4.69, 9.17) is 4.74 Å². The van der Waals surface area contributed by atoms with Gasteiger partial charge in [0.2, 0.25) is 11.8 Å². The summed E-state index contributed by atoms with van der Waals surface area (Å²) in [6, 6.07) is 22.5. The Hall–Kier alpha value is -4.46. The summed E-state index contributed by atoms with van der Waals surface area (Å²) < 4.78 is 5.58. The number of carbonyl (C=O) groups is 3. The summed E-state index contributed by atoms with van der Waals surface area (Å²) in [4.78, 5) is 37.0. The van der Waals surface area contributed by atoms with Crippen LogP contribution >= 0.6 is 0 Å². The second-order valence-electron chi connectivity index (χ2n) is 10.4. The van der Waals surface area contributed by atoms with Crippen molar-refractivity contribution in [2.45, 2.75) is 57.4 Å². The lowest BCUT2D eigenvalue weighted by Gasteiger charge is -2.25. The van der Waals surface area contributed by atoms with Crippen molar-refractivity contribution >= 4 is 29.4 Å². The number of amides is 2. The monoisotopic (exact) mass is 539 g/mol. The molecule has 8 heteroatoms. The fourth-order valence-corrected chi connectivity index (χ4v) is 5.34. The maximum atomic E-state index is 13.1. The first-order valence-electron chi connectivity index (χ1n) is 13.7. The molecule has 0 saturated heterocycles. The van der Waals surface area contributed by atoms with Crippen LogP contribution in [-0.4, -0.2) is 40.4 Å². The van der Waals surface area contributed by atoms with Gasteiger partial charge in [0.25, 0.3) is 5.91 Å². The van der Waals surface area contributed by atoms with Crippen molar-refractivity contribution in [2.24, 2.45) is 5.10 Å². The number of hydrazone groups is 1. The van der Waals surface area contributed by atoms with Crippen LogP contribution in [0.15, 0.2) is 77.9 Å². The van der Waals surface area contributed by atoms with Crippen molar-refractivity contribution in [3.8, 4) is 0 Å². The van der Waals surface area contributed by atoms with E-state index in [1.807, 2.05) is 42.5 Å². The molecule has 1 aliphatic carbocycles. The van der Waals surface area contributed by atoms with Crippen LogP contribution in [0.4, 0.5) is 5.69 Å². The summed E-state index contributed by atoms with van der Waals surface area (Å²) in [6.45, 7) is 1.88. The SMILES string of the molecule is CC(C(=O)O)c1cccc(NC(=O)Cc2ccc(CN3N=C(c4ccccc4)OCC3=O)cc2C2CCCC2)c1. The average molecular weight is 540 g/mol. The number of nitrogens with one attached hydrogen (secondary N) is 1. The largest absolute Gasteiger partial charge is 0.481 e. The molecule has 3 aromatic rings. The fraction of sp³-hybridized carbons (Fsp3) is 0.312. The number of ether oxygens (including phenoxy) is 1. The molecule has 40 heavy (non-hydrogen) atoms. The molecule has 1 unspecified atom stereocenters. The third-order valence-electron chi connectivity index (χ3n) is 7.58. The molecular formula is C32H33N3O5. The minimum Gasteiger partial charge on any atom is -0.481 e. The number of carboxylic acid groups (broad SMARTS) is 1. The first-order chi connectivity index (χ1) is 19.4. The Morgan fingerprint density at radius 2 is 1.82 bits per heavy atom. The molecule has 1 atom stereocenters. The number of anilines is 1. The quantitative estimate of drug-likeness (QED) is 0.377. The van der Waals surface area contributed by atoms with Gasteiger partial charge in [-0.05, 0) is 72.2 Å². The molecule has 3 aromatic carbocycles. The molecule has 0 aromatic heterocycles. The zero-order chi connectivity index (χ0) is 28.1. The van der Waals surface area contributed by atoms with Crippen molar-refractivity contribution in [3.05, 3.63) is 101 Å². The average Bonchev–Trinajstić information content (AvgIpc) is 3.50. The summed E-state index contributed by atoms with van der Waals surface area (Å²) in [5.41, 5.74) is 5.09. The van der Waals surface area contributed by atoms with Crippen LogP contribution in [0.5, 0.6) is 0 Å². The van der Waals surface area contributed by atoms with Crippen LogP contribution in [-0.2, 0) is 32.1 Å². The Balaban J connectivity index is 1.34. The first kappa shape index (κ1) is 27.1. The van der Waals surface area contributed by atoms with E-state index in [0.29, 0.717) is 29.6 Å². The molecule has 2 N–H and O–H groups in total. The predicted molar refractivity (Wildman–Crippen MR) is 152 cm³/mol. The topological polar surface area (TPSA) is 108 Å². The van der Waals surface area contributed by atoms with Crippen LogP contribution in [0.25, 0.3) is 0 Å². The molecule has 2 amide bonds. The minimum absolute atomic E-state index is 0.0616. The second kappa shape index (κ2) is 12.2.